The minimum Gasteiger partial charge on any atom is -0.305 e. The van der Waals surface area contributed by atoms with Crippen molar-refractivity contribution >= 4 is 22.7 Å². The molecule has 3 aromatic rings. The zero-order chi connectivity index (χ0) is 13.1. The molecule has 0 saturated carbocycles. The smallest absolute Gasteiger partial charge is 0.0794 e. The van der Waals surface area contributed by atoms with Crippen molar-refractivity contribution in [3.8, 4) is 10.6 Å². The molecule has 0 saturated heterocycles. The van der Waals surface area contributed by atoms with E-state index in [0.29, 0.717) is 6.04 Å². The van der Waals surface area contributed by atoms with Crippen LogP contribution < -0.4 is 5.32 Å². The van der Waals surface area contributed by atoms with Gasteiger partial charge in [-0.1, -0.05) is 12.1 Å². The molecule has 0 aliphatic rings. The zero-order valence-electron chi connectivity index (χ0n) is 10.6. The Morgan fingerprint density at radius 3 is 2.84 bits per heavy atom. The highest BCUT2D eigenvalue weighted by atomic mass is 32.1. The summed E-state index contributed by atoms with van der Waals surface area (Å²) >= 11 is 3.52. The maximum Gasteiger partial charge on any atom is 0.0794 e. The molecule has 0 aromatic carbocycles. The number of hydrogen-bond acceptors (Lipinski definition) is 4. The van der Waals surface area contributed by atoms with Gasteiger partial charge in [0.05, 0.1) is 16.8 Å². The fourth-order valence-electron chi connectivity index (χ4n) is 1.98. The minimum atomic E-state index is 0.367. The second-order valence-corrected chi connectivity index (χ2v) is 6.29. The van der Waals surface area contributed by atoms with E-state index >= 15 is 0 Å². The second-order valence-electron chi connectivity index (χ2n) is 4.37. The number of nitrogens with one attached hydrogen (secondary N) is 2. The monoisotopic (exact) mass is 289 g/mol. The number of rotatable bonds is 5. The van der Waals surface area contributed by atoms with Crippen LogP contribution in [0.15, 0.2) is 41.2 Å². The van der Waals surface area contributed by atoms with Crippen molar-refractivity contribution in [1.29, 1.82) is 0 Å². The van der Waals surface area contributed by atoms with E-state index in [2.05, 4.69) is 57.5 Å². The van der Waals surface area contributed by atoms with E-state index in [1.807, 2.05) is 6.20 Å². The van der Waals surface area contributed by atoms with Crippen molar-refractivity contribution in [3.63, 3.8) is 0 Å². The summed E-state index contributed by atoms with van der Waals surface area (Å²) in [6.45, 7) is 3.01. The van der Waals surface area contributed by atoms with Crippen LogP contribution in [0, 0.1) is 0 Å². The first-order chi connectivity index (χ1) is 9.34. The van der Waals surface area contributed by atoms with Gasteiger partial charge in [0.25, 0.3) is 0 Å². The van der Waals surface area contributed by atoms with Gasteiger partial charge < -0.3 is 5.32 Å². The van der Waals surface area contributed by atoms with Crippen LogP contribution >= 0.6 is 22.7 Å². The van der Waals surface area contributed by atoms with Gasteiger partial charge in [0.2, 0.25) is 0 Å². The molecule has 19 heavy (non-hydrogen) atoms. The molecule has 0 amide bonds. The standard InChI is InChI=1S/C14H15N3S2/c1-10(12-4-2-6-18-12)15-8-11-9-16-17-14(11)13-5-3-7-19-13/h2-7,9-10,15H,8H2,1H3,(H,16,17). The SMILES string of the molecule is CC(NCc1cn[nH]c1-c1cccs1)c1cccs1. The van der Waals surface area contributed by atoms with Crippen molar-refractivity contribution in [2.75, 3.05) is 0 Å². The summed E-state index contributed by atoms with van der Waals surface area (Å²) in [5.41, 5.74) is 2.34. The summed E-state index contributed by atoms with van der Waals surface area (Å²) in [6, 6.07) is 8.80. The Balaban J connectivity index is 1.70. The van der Waals surface area contributed by atoms with E-state index in [4.69, 9.17) is 0 Å². The molecular weight excluding hydrogens is 274 g/mol. The molecule has 0 spiro atoms. The molecule has 3 rings (SSSR count). The van der Waals surface area contributed by atoms with Gasteiger partial charge >= 0.3 is 0 Å². The largest absolute Gasteiger partial charge is 0.305 e. The minimum absolute atomic E-state index is 0.367. The Morgan fingerprint density at radius 2 is 2.11 bits per heavy atom. The third-order valence-corrected chi connectivity index (χ3v) is 5.00. The summed E-state index contributed by atoms with van der Waals surface area (Å²) < 4.78 is 0. The molecule has 5 heteroatoms. The Hall–Kier alpha value is -1.43. The predicted octanol–water partition coefficient (Wildman–Crippen LogP) is 4.05. The van der Waals surface area contributed by atoms with Crippen molar-refractivity contribution in [3.05, 3.63) is 51.7 Å². The third-order valence-electron chi connectivity index (χ3n) is 3.05. The van der Waals surface area contributed by atoms with Crippen LogP contribution in [0.1, 0.15) is 23.4 Å². The Labute approximate surface area is 120 Å². The summed E-state index contributed by atoms with van der Waals surface area (Å²) in [5, 5.41) is 15.0. The third kappa shape index (κ3) is 2.78. The first-order valence-corrected chi connectivity index (χ1v) is 7.93. The molecule has 98 valence electrons. The summed E-state index contributed by atoms with van der Waals surface area (Å²) in [6.07, 6.45) is 1.91. The van der Waals surface area contributed by atoms with Crippen LogP contribution in [0.5, 0.6) is 0 Å². The quantitative estimate of drug-likeness (QED) is 0.744. The topological polar surface area (TPSA) is 40.7 Å². The van der Waals surface area contributed by atoms with Crippen LogP contribution in [0.25, 0.3) is 10.6 Å². The molecule has 0 bridgehead atoms. The molecule has 3 nitrogen and oxygen atoms in total. The average molecular weight is 289 g/mol. The maximum absolute atomic E-state index is 4.16. The van der Waals surface area contributed by atoms with Gasteiger partial charge in [-0.15, -0.1) is 22.7 Å². The molecule has 2 N–H and O–H groups in total. The Kier molecular flexibility index (Phi) is 3.77. The highest BCUT2D eigenvalue weighted by Gasteiger charge is 2.11. The van der Waals surface area contributed by atoms with Crippen LogP contribution in [-0.2, 0) is 6.54 Å². The van der Waals surface area contributed by atoms with Crippen molar-refractivity contribution in [2.24, 2.45) is 0 Å². The zero-order valence-corrected chi connectivity index (χ0v) is 12.2. The Bertz CT molecular complexity index is 611. The van der Waals surface area contributed by atoms with Gasteiger partial charge in [0.1, 0.15) is 0 Å². The fourth-order valence-corrected chi connectivity index (χ4v) is 3.49. The highest BCUT2D eigenvalue weighted by molar-refractivity contribution is 7.13. The molecule has 3 aromatic heterocycles. The van der Waals surface area contributed by atoms with Crippen LogP contribution in [0.3, 0.4) is 0 Å². The first kappa shape index (κ1) is 12.6. The first-order valence-electron chi connectivity index (χ1n) is 6.17. The van der Waals surface area contributed by atoms with E-state index in [1.165, 1.54) is 15.3 Å². The molecule has 0 aliphatic heterocycles. The van der Waals surface area contributed by atoms with Gasteiger partial charge in [-0.3, -0.25) is 5.10 Å². The van der Waals surface area contributed by atoms with Crippen molar-refractivity contribution < 1.29 is 0 Å². The highest BCUT2D eigenvalue weighted by Crippen LogP contribution is 2.26. The van der Waals surface area contributed by atoms with E-state index in [9.17, 15) is 0 Å². The van der Waals surface area contributed by atoms with E-state index in [0.717, 1.165) is 12.2 Å². The molecule has 0 fully saturated rings. The fraction of sp³-hybridized carbons (Fsp3) is 0.214. The van der Waals surface area contributed by atoms with Gasteiger partial charge in [-0.05, 0) is 29.8 Å². The van der Waals surface area contributed by atoms with Gasteiger partial charge in [0.15, 0.2) is 0 Å². The van der Waals surface area contributed by atoms with Gasteiger partial charge in [-0.2, -0.15) is 5.10 Å². The number of thiophene rings is 2. The van der Waals surface area contributed by atoms with E-state index in [1.54, 1.807) is 22.7 Å². The van der Waals surface area contributed by atoms with Crippen LogP contribution in [0.2, 0.25) is 0 Å². The molecule has 1 unspecified atom stereocenters. The Morgan fingerprint density at radius 1 is 1.26 bits per heavy atom. The average Bonchev–Trinajstić information content (AvgIpc) is 3.14. The lowest BCUT2D eigenvalue weighted by atomic mass is 10.2. The van der Waals surface area contributed by atoms with Crippen LogP contribution in [-0.4, -0.2) is 10.2 Å². The van der Waals surface area contributed by atoms with Crippen LogP contribution in [0.4, 0.5) is 0 Å². The molecule has 0 aliphatic carbocycles. The normalized spacial score (nSPS) is 12.7. The molecule has 1 atom stereocenters. The van der Waals surface area contributed by atoms with Crippen molar-refractivity contribution in [1.82, 2.24) is 15.5 Å². The summed E-state index contributed by atoms with van der Waals surface area (Å²) in [5.74, 6) is 0. The second kappa shape index (κ2) is 5.69. The lowest BCUT2D eigenvalue weighted by Gasteiger charge is -2.11. The number of nitrogens with zero attached hydrogens (tertiary/aromatic N) is 1. The molecule has 3 heterocycles. The number of hydrogen-bond donors (Lipinski definition) is 2. The lowest BCUT2D eigenvalue weighted by Crippen LogP contribution is -2.17. The van der Waals surface area contributed by atoms with E-state index < -0.39 is 0 Å². The summed E-state index contributed by atoms with van der Waals surface area (Å²) in [4.78, 5) is 2.60. The molecular formula is C14H15N3S2. The molecule has 0 radical (unpaired) electrons. The number of aromatic amines is 1. The van der Waals surface area contributed by atoms with E-state index in [-0.39, 0.29) is 0 Å². The van der Waals surface area contributed by atoms with Crippen molar-refractivity contribution in [2.45, 2.75) is 19.5 Å². The van der Waals surface area contributed by atoms with Gasteiger partial charge in [0, 0.05) is 23.0 Å². The number of aromatic nitrogens is 2. The summed E-state index contributed by atoms with van der Waals surface area (Å²) in [7, 11) is 0. The van der Waals surface area contributed by atoms with Gasteiger partial charge in [-0.25, -0.2) is 0 Å². The lowest BCUT2D eigenvalue weighted by molar-refractivity contribution is 0.583. The predicted molar refractivity (Wildman–Crippen MR) is 81.5 cm³/mol. The maximum atomic E-state index is 4.16. The number of H-pyrrole nitrogens is 1.